The number of ketones is 1. The van der Waals surface area contributed by atoms with E-state index in [-0.39, 0.29) is 12.2 Å². The molecule has 1 aromatic carbocycles. The fraction of sp³-hybridized carbons (Fsp3) is 0.286. The normalized spacial score (nSPS) is 12.3. The molecule has 1 atom stereocenters. The quantitative estimate of drug-likeness (QED) is 0.476. The van der Waals surface area contributed by atoms with Gasteiger partial charge in [0.1, 0.15) is 25.2 Å². The number of likely N-dealkylation sites (N-methyl/N-ethyl adjacent to an activating group) is 2. The molecule has 0 fully saturated rings. The van der Waals surface area contributed by atoms with Gasteiger partial charge in [0.2, 0.25) is 0 Å². The maximum absolute atomic E-state index is 12.8. The summed E-state index contributed by atoms with van der Waals surface area (Å²) in [6.07, 6.45) is 1.43. The molecule has 8 heteroatoms. The molecule has 0 bridgehead atoms. The van der Waals surface area contributed by atoms with Crippen LogP contribution in [-0.4, -0.2) is 59.0 Å². The van der Waals surface area contributed by atoms with Crippen LogP contribution in [0.2, 0.25) is 0 Å². The summed E-state index contributed by atoms with van der Waals surface area (Å²) in [5, 5.41) is 20.6. The number of amides is 2. The fourth-order valence-electron chi connectivity index (χ4n) is 2.63. The molecule has 0 radical (unpaired) electrons. The average molecular weight is 398 g/mol. The molecule has 2 amide bonds. The number of nitrogens with one attached hydrogen (secondary N) is 1. The highest BCUT2D eigenvalue weighted by molar-refractivity contribution is 6.14. The molecular formula is C21H22N2O6. The highest BCUT2D eigenvalue weighted by atomic mass is 16.4. The topological polar surface area (TPSA) is 120 Å². The van der Waals surface area contributed by atoms with Crippen molar-refractivity contribution in [2.24, 2.45) is 0 Å². The Bertz CT molecular complexity index is 949. The second-order valence-corrected chi connectivity index (χ2v) is 6.38. The Kier molecular flexibility index (Phi) is 6.93. The van der Waals surface area contributed by atoms with Gasteiger partial charge in [0, 0.05) is 25.2 Å². The predicted octanol–water partition coefficient (Wildman–Crippen LogP) is 0.310. The first-order chi connectivity index (χ1) is 13.8. The van der Waals surface area contributed by atoms with E-state index in [9.17, 15) is 19.5 Å². The van der Waals surface area contributed by atoms with Crippen LogP contribution >= 0.6 is 0 Å². The van der Waals surface area contributed by atoms with Crippen molar-refractivity contribution in [3.8, 4) is 11.8 Å². The van der Waals surface area contributed by atoms with Crippen LogP contribution in [0, 0.1) is 11.8 Å². The van der Waals surface area contributed by atoms with E-state index in [2.05, 4.69) is 17.2 Å². The van der Waals surface area contributed by atoms with Crippen molar-refractivity contribution < 1.29 is 29.0 Å². The molecule has 0 unspecified atom stereocenters. The summed E-state index contributed by atoms with van der Waals surface area (Å²) >= 11 is 0. The minimum atomic E-state index is -1.84. The van der Waals surface area contributed by atoms with Crippen molar-refractivity contribution in [3.63, 3.8) is 0 Å². The largest absolute Gasteiger partial charge is 0.466 e. The van der Waals surface area contributed by atoms with Crippen molar-refractivity contribution in [2.75, 3.05) is 20.7 Å². The molecule has 2 rings (SSSR count). The summed E-state index contributed by atoms with van der Waals surface area (Å²) in [7, 11) is 2.68. The lowest BCUT2D eigenvalue weighted by molar-refractivity contribution is -0.143. The Morgan fingerprint density at radius 2 is 1.76 bits per heavy atom. The highest BCUT2D eigenvalue weighted by Gasteiger charge is 2.46. The Labute approximate surface area is 168 Å². The number of rotatable bonds is 6. The van der Waals surface area contributed by atoms with Gasteiger partial charge in [-0.15, -0.1) is 0 Å². The van der Waals surface area contributed by atoms with Crippen LogP contribution in [-0.2, 0) is 16.2 Å². The summed E-state index contributed by atoms with van der Waals surface area (Å²) in [5.74, 6) is 4.16. The zero-order valence-electron chi connectivity index (χ0n) is 16.4. The van der Waals surface area contributed by atoms with E-state index in [0.717, 1.165) is 4.90 Å². The summed E-state index contributed by atoms with van der Waals surface area (Å²) in [6.45, 7) is 0.204. The molecule has 0 saturated heterocycles. The van der Waals surface area contributed by atoms with Gasteiger partial charge in [-0.05, 0) is 37.3 Å². The molecule has 0 spiro atoms. The fourth-order valence-corrected chi connectivity index (χ4v) is 2.63. The lowest BCUT2D eigenvalue weighted by Gasteiger charge is -2.35. The molecule has 29 heavy (non-hydrogen) atoms. The second-order valence-electron chi connectivity index (χ2n) is 6.38. The first kappa shape index (κ1) is 21.9. The van der Waals surface area contributed by atoms with Gasteiger partial charge in [-0.3, -0.25) is 14.4 Å². The van der Waals surface area contributed by atoms with Gasteiger partial charge in [-0.25, -0.2) is 0 Å². The lowest BCUT2D eigenvalue weighted by Crippen LogP contribution is -2.62. The molecular weight excluding hydrogens is 376 g/mol. The van der Waals surface area contributed by atoms with E-state index in [0.29, 0.717) is 16.9 Å². The van der Waals surface area contributed by atoms with Gasteiger partial charge in [-0.2, -0.15) is 0 Å². The van der Waals surface area contributed by atoms with Crippen molar-refractivity contribution in [1.29, 1.82) is 0 Å². The average Bonchev–Trinajstić information content (AvgIpc) is 3.23. The summed E-state index contributed by atoms with van der Waals surface area (Å²) in [4.78, 5) is 38.2. The number of carbonyl (C=O) groups is 3. The molecule has 8 nitrogen and oxygen atoms in total. The number of Topliss-reactive ketones (excluding diaryl/α,β-unsaturated/α-hetero) is 1. The molecule has 2 aromatic rings. The zero-order valence-corrected chi connectivity index (χ0v) is 16.4. The highest BCUT2D eigenvalue weighted by Crippen LogP contribution is 2.19. The second kappa shape index (κ2) is 9.19. The third kappa shape index (κ3) is 4.54. The third-order valence-corrected chi connectivity index (χ3v) is 4.62. The van der Waals surface area contributed by atoms with E-state index in [1.165, 1.54) is 39.4 Å². The van der Waals surface area contributed by atoms with Crippen LogP contribution in [0.1, 0.15) is 34.2 Å². The number of aliphatic hydroxyl groups excluding tert-OH is 2. The summed E-state index contributed by atoms with van der Waals surface area (Å²) in [6, 6.07) is 7.95. The molecule has 0 aliphatic heterocycles. The van der Waals surface area contributed by atoms with Crippen LogP contribution in [0.25, 0.3) is 0 Å². The molecule has 1 heterocycles. The maximum Gasteiger partial charge on any atom is 0.254 e. The predicted molar refractivity (Wildman–Crippen MR) is 104 cm³/mol. The Morgan fingerprint density at radius 1 is 1.14 bits per heavy atom. The number of furan rings is 1. The SMILES string of the molecule is CNC(=O)[C@@](C)(C(=O)CO)N(C)C(=O)c1ccc(C#Cc2coc(CO)c2)cc1. The standard InChI is InChI=1S/C21H22N2O6/c1-21(18(26)12-25,20(28)22-2)23(3)19(27)16-8-6-14(7-9-16)4-5-15-10-17(11-24)29-13-15/h6-10,13,24-25H,11-12H2,1-3H3,(H,22,28)/t21-/m1/s1. The molecule has 3 N–H and O–H groups in total. The number of aliphatic hydroxyl groups is 2. The van der Waals surface area contributed by atoms with Crippen molar-refractivity contribution in [2.45, 2.75) is 19.1 Å². The Morgan fingerprint density at radius 3 is 2.28 bits per heavy atom. The van der Waals surface area contributed by atoms with E-state index in [1.807, 2.05) is 0 Å². The first-order valence-electron chi connectivity index (χ1n) is 8.72. The first-order valence-corrected chi connectivity index (χ1v) is 8.72. The van der Waals surface area contributed by atoms with Gasteiger partial charge < -0.3 is 24.8 Å². The zero-order chi connectivity index (χ0) is 21.6. The molecule has 152 valence electrons. The van der Waals surface area contributed by atoms with Gasteiger partial charge in [0.05, 0.1) is 5.56 Å². The molecule has 1 aromatic heterocycles. The van der Waals surface area contributed by atoms with Gasteiger partial charge in [-0.1, -0.05) is 11.8 Å². The number of hydrogen-bond acceptors (Lipinski definition) is 6. The lowest BCUT2D eigenvalue weighted by atomic mass is 9.92. The number of benzene rings is 1. The smallest absolute Gasteiger partial charge is 0.254 e. The Hall–Kier alpha value is -3.41. The number of carbonyl (C=O) groups excluding carboxylic acids is 3. The van der Waals surface area contributed by atoms with Crippen molar-refractivity contribution in [1.82, 2.24) is 10.2 Å². The number of hydrogen-bond donors (Lipinski definition) is 3. The molecule has 0 saturated carbocycles. The van der Waals surface area contributed by atoms with Crippen molar-refractivity contribution >= 4 is 17.6 Å². The van der Waals surface area contributed by atoms with E-state index >= 15 is 0 Å². The monoisotopic (exact) mass is 398 g/mol. The van der Waals surface area contributed by atoms with Crippen LogP contribution in [0.3, 0.4) is 0 Å². The minimum absolute atomic E-state index is 0.209. The van der Waals surface area contributed by atoms with Crippen LogP contribution in [0.5, 0.6) is 0 Å². The van der Waals surface area contributed by atoms with Gasteiger partial charge in [0.15, 0.2) is 11.3 Å². The van der Waals surface area contributed by atoms with E-state index in [1.54, 1.807) is 18.2 Å². The van der Waals surface area contributed by atoms with E-state index < -0.39 is 29.7 Å². The Balaban J connectivity index is 2.23. The number of nitrogens with zero attached hydrogens (tertiary/aromatic N) is 1. The van der Waals surface area contributed by atoms with Crippen LogP contribution in [0.4, 0.5) is 0 Å². The van der Waals surface area contributed by atoms with Crippen LogP contribution < -0.4 is 5.32 Å². The van der Waals surface area contributed by atoms with E-state index in [4.69, 9.17) is 9.52 Å². The summed E-state index contributed by atoms with van der Waals surface area (Å²) < 4.78 is 5.09. The minimum Gasteiger partial charge on any atom is -0.466 e. The van der Waals surface area contributed by atoms with Crippen molar-refractivity contribution in [3.05, 3.63) is 59.0 Å². The molecule has 0 aliphatic carbocycles. The van der Waals surface area contributed by atoms with Gasteiger partial charge in [0.25, 0.3) is 11.8 Å². The molecule has 0 aliphatic rings. The third-order valence-electron chi connectivity index (χ3n) is 4.62. The van der Waals surface area contributed by atoms with Crippen LogP contribution in [0.15, 0.2) is 41.0 Å². The summed E-state index contributed by atoms with van der Waals surface area (Å²) in [5.41, 5.74) is -0.343. The maximum atomic E-state index is 12.8. The van der Waals surface area contributed by atoms with Gasteiger partial charge >= 0.3 is 0 Å².